The Kier molecular flexibility index (Phi) is 4.41. The van der Waals surface area contributed by atoms with E-state index in [1.165, 1.54) is 33.5 Å². The van der Waals surface area contributed by atoms with Crippen LogP contribution in [0, 0.1) is 0 Å². The molecule has 0 aromatic heterocycles. The summed E-state index contributed by atoms with van der Waals surface area (Å²) in [5.41, 5.74) is 0.549. The molecule has 114 valence electrons. The van der Waals surface area contributed by atoms with Crippen molar-refractivity contribution in [2.75, 3.05) is 21.3 Å². The Labute approximate surface area is 126 Å². The van der Waals surface area contributed by atoms with Gasteiger partial charge in [-0.05, 0) is 29.0 Å². The molecular weight excluding hydrogens is 288 g/mol. The van der Waals surface area contributed by atoms with Gasteiger partial charge in [-0.25, -0.2) is 14.4 Å². The molecule has 2 rings (SSSR count). The van der Waals surface area contributed by atoms with Crippen molar-refractivity contribution >= 4 is 28.7 Å². The van der Waals surface area contributed by atoms with Crippen LogP contribution in [0.4, 0.5) is 0 Å². The number of carbonyl (C=O) groups is 3. The molecule has 2 aromatic rings. The Hall–Kier alpha value is -2.89. The zero-order valence-corrected chi connectivity index (χ0v) is 12.3. The molecule has 0 saturated carbocycles. The molecule has 0 bridgehead atoms. The minimum atomic E-state index is -0.656. The van der Waals surface area contributed by atoms with Crippen molar-refractivity contribution in [2.45, 2.75) is 0 Å². The van der Waals surface area contributed by atoms with E-state index in [0.29, 0.717) is 16.3 Å². The number of hydrogen-bond acceptors (Lipinski definition) is 6. The van der Waals surface area contributed by atoms with Crippen LogP contribution in [0.2, 0.25) is 0 Å². The Balaban J connectivity index is 2.74. The number of hydrogen-bond donors (Lipinski definition) is 0. The summed E-state index contributed by atoms with van der Waals surface area (Å²) in [5.74, 6) is -1.78. The standard InChI is InChI=1S/C16H14O6/c1-20-14(17)10-5-6-11-9(8-10)4-7-12(15(18)21-2)13(11)16(19)22-3/h4-8H,1-3H3. The highest BCUT2D eigenvalue weighted by atomic mass is 16.5. The molecule has 2 aromatic carbocycles. The summed E-state index contributed by atoms with van der Waals surface area (Å²) < 4.78 is 14.1. The Bertz CT molecular complexity index is 763. The number of benzene rings is 2. The van der Waals surface area contributed by atoms with Gasteiger partial charge in [0.25, 0.3) is 0 Å². The first kappa shape index (κ1) is 15.5. The van der Waals surface area contributed by atoms with Crippen LogP contribution in [0.25, 0.3) is 10.8 Å². The largest absolute Gasteiger partial charge is 0.465 e. The molecule has 0 aliphatic carbocycles. The molecule has 0 aliphatic heterocycles. The summed E-state index contributed by atoms with van der Waals surface area (Å²) in [5, 5.41) is 1.10. The SMILES string of the molecule is COC(=O)c1ccc2c(C(=O)OC)c(C(=O)OC)ccc2c1. The predicted molar refractivity (Wildman–Crippen MR) is 78.0 cm³/mol. The Morgan fingerprint density at radius 2 is 1.41 bits per heavy atom. The second-order valence-electron chi connectivity index (χ2n) is 4.40. The fourth-order valence-corrected chi connectivity index (χ4v) is 2.18. The van der Waals surface area contributed by atoms with E-state index in [1.807, 2.05) is 0 Å². The van der Waals surface area contributed by atoms with E-state index in [9.17, 15) is 14.4 Å². The average molecular weight is 302 g/mol. The molecule has 0 atom stereocenters. The zero-order chi connectivity index (χ0) is 16.3. The summed E-state index contributed by atoms with van der Waals surface area (Å²) in [7, 11) is 3.74. The zero-order valence-electron chi connectivity index (χ0n) is 12.3. The van der Waals surface area contributed by atoms with Crippen molar-refractivity contribution in [3.63, 3.8) is 0 Å². The Morgan fingerprint density at radius 1 is 0.773 bits per heavy atom. The second-order valence-corrected chi connectivity index (χ2v) is 4.40. The number of carbonyl (C=O) groups excluding carboxylic acids is 3. The van der Waals surface area contributed by atoms with Crippen molar-refractivity contribution in [1.82, 2.24) is 0 Å². The predicted octanol–water partition coefficient (Wildman–Crippen LogP) is 2.20. The van der Waals surface area contributed by atoms with Gasteiger partial charge in [0.15, 0.2) is 0 Å². The smallest absolute Gasteiger partial charge is 0.339 e. The van der Waals surface area contributed by atoms with E-state index in [2.05, 4.69) is 9.47 Å². The number of methoxy groups -OCH3 is 3. The molecule has 6 heteroatoms. The van der Waals surface area contributed by atoms with Crippen LogP contribution in [0.5, 0.6) is 0 Å². The van der Waals surface area contributed by atoms with Gasteiger partial charge in [0, 0.05) is 0 Å². The van der Waals surface area contributed by atoms with Gasteiger partial charge in [-0.1, -0.05) is 12.1 Å². The van der Waals surface area contributed by atoms with Crippen molar-refractivity contribution in [3.05, 3.63) is 47.0 Å². The fourth-order valence-electron chi connectivity index (χ4n) is 2.18. The van der Waals surface area contributed by atoms with Crippen molar-refractivity contribution < 1.29 is 28.6 Å². The number of esters is 3. The lowest BCUT2D eigenvalue weighted by molar-refractivity contribution is 0.0557. The molecule has 0 radical (unpaired) electrons. The lowest BCUT2D eigenvalue weighted by atomic mass is 9.97. The average Bonchev–Trinajstić information content (AvgIpc) is 2.57. The molecule has 0 saturated heterocycles. The topological polar surface area (TPSA) is 78.9 Å². The normalized spacial score (nSPS) is 10.1. The molecule has 0 amide bonds. The molecule has 0 aliphatic rings. The number of rotatable bonds is 3. The van der Waals surface area contributed by atoms with Crippen LogP contribution in [0.1, 0.15) is 31.1 Å². The van der Waals surface area contributed by atoms with Crippen LogP contribution in [-0.2, 0) is 14.2 Å². The first-order valence-electron chi connectivity index (χ1n) is 6.35. The third kappa shape index (κ3) is 2.63. The van der Waals surface area contributed by atoms with E-state index in [0.717, 1.165) is 0 Å². The maximum atomic E-state index is 12.0. The van der Waals surface area contributed by atoms with Crippen LogP contribution < -0.4 is 0 Å². The van der Waals surface area contributed by atoms with Crippen LogP contribution in [0.3, 0.4) is 0 Å². The van der Waals surface area contributed by atoms with Gasteiger partial charge < -0.3 is 14.2 Å². The van der Waals surface area contributed by atoms with Crippen molar-refractivity contribution in [2.24, 2.45) is 0 Å². The van der Waals surface area contributed by atoms with E-state index in [-0.39, 0.29) is 11.1 Å². The summed E-state index contributed by atoms with van der Waals surface area (Å²) >= 11 is 0. The van der Waals surface area contributed by atoms with Crippen molar-refractivity contribution in [3.8, 4) is 0 Å². The van der Waals surface area contributed by atoms with Gasteiger partial charge in [0.2, 0.25) is 0 Å². The highest BCUT2D eigenvalue weighted by Crippen LogP contribution is 2.25. The van der Waals surface area contributed by atoms with Crippen LogP contribution >= 0.6 is 0 Å². The van der Waals surface area contributed by atoms with Crippen LogP contribution in [-0.4, -0.2) is 39.2 Å². The summed E-state index contributed by atoms with van der Waals surface area (Å²) in [6, 6.07) is 7.75. The first-order valence-corrected chi connectivity index (χ1v) is 6.35. The summed E-state index contributed by atoms with van der Waals surface area (Å²) in [6.07, 6.45) is 0. The molecular formula is C16H14O6. The summed E-state index contributed by atoms with van der Waals surface area (Å²) in [6.45, 7) is 0. The third-order valence-corrected chi connectivity index (χ3v) is 3.24. The third-order valence-electron chi connectivity index (χ3n) is 3.24. The lowest BCUT2D eigenvalue weighted by Gasteiger charge is -2.10. The van der Waals surface area contributed by atoms with Gasteiger partial charge in [-0.15, -0.1) is 0 Å². The lowest BCUT2D eigenvalue weighted by Crippen LogP contribution is -2.12. The van der Waals surface area contributed by atoms with Crippen molar-refractivity contribution in [1.29, 1.82) is 0 Å². The monoisotopic (exact) mass is 302 g/mol. The quantitative estimate of drug-likeness (QED) is 0.639. The Morgan fingerprint density at radius 3 is 2.00 bits per heavy atom. The van der Waals surface area contributed by atoms with E-state index >= 15 is 0 Å². The molecule has 0 unspecified atom stereocenters. The molecule has 22 heavy (non-hydrogen) atoms. The molecule has 0 heterocycles. The van der Waals surface area contributed by atoms with Gasteiger partial charge in [0.1, 0.15) is 0 Å². The fraction of sp³-hybridized carbons (Fsp3) is 0.188. The summed E-state index contributed by atoms with van der Waals surface area (Å²) in [4.78, 5) is 35.4. The minimum absolute atomic E-state index is 0.100. The van der Waals surface area contributed by atoms with Gasteiger partial charge >= 0.3 is 17.9 Å². The highest BCUT2D eigenvalue weighted by molar-refractivity contribution is 6.13. The number of fused-ring (bicyclic) bond motifs is 1. The van der Waals surface area contributed by atoms with Gasteiger partial charge in [-0.2, -0.15) is 0 Å². The van der Waals surface area contributed by atoms with Gasteiger partial charge in [-0.3, -0.25) is 0 Å². The maximum absolute atomic E-state index is 12.0. The molecule has 6 nitrogen and oxygen atoms in total. The molecule has 0 fully saturated rings. The number of ether oxygens (including phenoxy) is 3. The maximum Gasteiger partial charge on any atom is 0.339 e. The van der Waals surface area contributed by atoms with Gasteiger partial charge in [0.05, 0.1) is 38.0 Å². The van der Waals surface area contributed by atoms with E-state index < -0.39 is 17.9 Å². The van der Waals surface area contributed by atoms with E-state index in [1.54, 1.807) is 18.2 Å². The molecule has 0 N–H and O–H groups in total. The second kappa shape index (κ2) is 6.26. The minimum Gasteiger partial charge on any atom is -0.465 e. The van der Waals surface area contributed by atoms with Crippen LogP contribution in [0.15, 0.2) is 30.3 Å². The van der Waals surface area contributed by atoms with E-state index in [4.69, 9.17) is 4.74 Å². The first-order chi connectivity index (χ1) is 10.5. The highest BCUT2D eigenvalue weighted by Gasteiger charge is 2.22. The molecule has 0 spiro atoms.